The quantitative estimate of drug-likeness (QED) is 0.503. The third kappa shape index (κ3) is 0.974. The van der Waals surface area contributed by atoms with E-state index in [0.717, 1.165) is 6.42 Å². The van der Waals surface area contributed by atoms with Crippen molar-refractivity contribution >= 4 is 6.98 Å². The van der Waals surface area contributed by atoms with Gasteiger partial charge in [0.05, 0.1) is 0 Å². The molecule has 3 fully saturated rings. The first-order valence-corrected chi connectivity index (χ1v) is 5.83. The van der Waals surface area contributed by atoms with E-state index < -0.39 is 36.0 Å². The van der Waals surface area contributed by atoms with Crippen molar-refractivity contribution in [2.75, 3.05) is 0 Å². The Balaban J connectivity index is 1.65. The van der Waals surface area contributed by atoms with Gasteiger partial charge in [0.25, 0.3) is 5.92 Å². The van der Waals surface area contributed by atoms with E-state index in [1.807, 2.05) is 0 Å². The van der Waals surface area contributed by atoms with E-state index in [0.29, 0.717) is 12.8 Å². The summed E-state index contributed by atoms with van der Waals surface area (Å²) in [6.45, 7) is -4.81. The molecular formula is C10H13BF5-. The Labute approximate surface area is 90.6 Å². The highest BCUT2D eigenvalue weighted by Crippen LogP contribution is 2.90. The van der Waals surface area contributed by atoms with Gasteiger partial charge in [-0.2, -0.15) is 0 Å². The van der Waals surface area contributed by atoms with Crippen molar-refractivity contribution in [3.05, 3.63) is 0 Å². The molecule has 0 aliphatic heterocycles. The first-order valence-electron chi connectivity index (χ1n) is 5.83. The molecule has 0 N–H and O–H groups in total. The molecule has 0 amide bonds. The second-order valence-corrected chi connectivity index (χ2v) is 5.81. The summed E-state index contributed by atoms with van der Waals surface area (Å²) in [4.78, 5) is 0. The van der Waals surface area contributed by atoms with Crippen LogP contribution in [0.3, 0.4) is 0 Å². The summed E-state index contributed by atoms with van der Waals surface area (Å²) in [7, 11) is 0. The van der Waals surface area contributed by atoms with E-state index in [1.54, 1.807) is 0 Å². The molecule has 0 unspecified atom stereocenters. The van der Waals surface area contributed by atoms with Gasteiger partial charge in [-0.15, -0.1) is 0 Å². The fourth-order valence-electron chi connectivity index (χ4n) is 4.18. The lowest BCUT2D eigenvalue weighted by atomic mass is 9.57. The molecule has 92 valence electrons. The van der Waals surface area contributed by atoms with Gasteiger partial charge < -0.3 is 12.9 Å². The molecule has 3 aliphatic rings. The normalized spacial score (nSPS) is 42.9. The van der Waals surface area contributed by atoms with Crippen LogP contribution in [0.5, 0.6) is 0 Å². The van der Waals surface area contributed by atoms with Crippen LogP contribution in [0.15, 0.2) is 0 Å². The van der Waals surface area contributed by atoms with E-state index in [4.69, 9.17) is 0 Å². The van der Waals surface area contributed by atoms with Crippen LogP contribution in [0.1, 0.15) is 32.1 Å². The Hall–Kier alpha value is -0.285. The summed E-state index contributed by atoms with van der Waals surface area (Å²) in [6, 6.07) is 0. The van der Waals surface area contributed by atoms with E-state index in [9.17, 15) is 21.7 Å². The molecule has 6 heteroatoms. The number of hydrogen-bond acceptors (Lipinski definition) is 0. The van der Waals surface area contributed by atoms with E-state index >= 15 is 0 Å². The highest BCUT2D eigenvalue weighted by Gasteiger charge is 2.93. The van der Waals surface area contributed by atoms with Crippen molar-refractivity contribution in [3.8, 4) is 0 Å². The standard InChI is InChI=1S/C10H13BF5/c12-10(13)8(2-1-3-8)9(10)4-7(5-9)6-11(14,15)16/h7H,1-6H2/q-1. The van der Waals surface area contributed by atoms with Crippen molar-refractivity contribution in [2.45, 2.75) is 44.3 Å². The summed E-state index contributed by atoms with van der Waals surface area (Å²) < 4.78 is 63.8. The molecule has 0 bridgehead atoms. The molecule has 2 spiro atoms. The first-order chi connectivity index (χ1) is 7.24. The lowest BCUT2D eigenvalue weighted by Crippen LogP contribution is -2.37. The average Bonchev–Trinajstić information content (AvgIpc) is 2.37. The predicted octanol–water partition coefficient (Wildman–Crippen LogP) is 4.05. The topological polar surface area (TPSA) is 0 Å². The molecular weight excluding hydrogens is 226 g/mol. The lowest BCUT2D eigenvalue weighted by molar-refractivity contribution is 0.000149. The summed E-state index contributed by atoms with van der Waals surface area (Å²) in [5.74, 6) is -3.21. The van der Waals surface area contributed by atoms with E-state index in [-0.39, 0.29) is 12.8 Å². The Morgan fingerprint density at radius 2 is 1.56 bits per heavy atom. The highest BCUT2D eigenvalue weighted by atomic mass is 19.4. The predicted molar refractivity (Wildman–Crippen MR) is 50.3 cm³/mol. The van der Waals surface area contributed by atoms with E-state index in [1.165, 1.54) is 0 Å². The summed E-state index contributed by atoms with van der Waals surface area (Å²) in [5, 5.41) is 0. The number of alkyl halides is 2. The molecule has 0 aromatic rings. The molecule has 0 heterocycles. The molecule has 3 rings (SSSR count). The van der Waals surface area contributed by atoms with Gasteiger partial charge >= 0.3 is 6.98 Å². The fraction of sp³-hybridized carbons (Fsp3) is 1.00. The maximum Gasteiger partial charge on any atom is 0.478 e. The molecule has 0 aromatic heterocycles. The van der Waals surface area contributed by atoms with Crippen LogP contribution in [-0.2, 0) is 0 Å². The zero-order valence-electron chi connectivity index (χ0n) is 8.79. The maximum absolute atomic E-state index is 13.7. The van der Waals surface area contributed by atoms with Crippen molar-refractivity contribution in [3.63, 3.8) is 0 Å². The van der Waals surface area contributed by atoms with Crippen molar-refractivity contribution in [1.29, 1.82) is 0 Å². The Kier molecular flexibility index (Phi) is 1.75. The minimum atomic E-state index is -4.81. The lowest BCUT2D eigenvalue weighted by Gasteiger charge is -2.43. The molecule has 0 aromatic carbocycles. The highest BCUT2D eigenvalue weighted by molar-refractivity contribution is 6.58. The minimum Gasteiger partial charge on any atom is -0.449 e. The molecule has 0 saturated heterocycles. The number of halogens is 5. The monoisotopic (exact) mass is 239 g/mol. The molecule has 16 heavy (non-hydrogen) atoms. The third-order valence-corrected chi connectivity index (χ3v) is 5.14. The SMILES string of the molecule is F[B-](F)(F)CC1CC2(C1)C(F)(F)C21CCC1. The van der Waals surface area contributed by atoms with Crippen LogP contribution < -0.4 is 0 Å². The van der Waals surface area contributed by atoms with Gasteiger partial charge in [-0.1, -0.05) is 18.7 Å². The van der Waals surface area contributed by atoms with Gasteiger partial charge in [0.1, 0.15) is 0 Å². The largest absolute Gasteiger partial charge is 0.478 e. The van der Waals surface area contributed by atoms with Crippen LogP contribution in [0.2, 0.25) is 6.32 Å². The second-order valence-electron chi connectivity index (χ2n) is 5.81. The summed E-state index contributed by atoms with van der Waals surface area (Å²) in [6.07, 6.45) is 1.22. The number of hydrogen-bond donors (Lipinski definition) is 0. The first kappa shape index (κ1) is 10.8. The average molecular weight is 239 g/mol. The van der Waals surface area contributed by atoms with Gasteiger partial charge in [0, 0.05) is 10.8 Å². The van der Waals surface area contributed by atoms with Gasteiger partial charge in [0.15, 0.2) is 0 Å². The zero-order chi connectivity index (χ0) is 11.8. The molecule has 0 atom stereocenters. The molecule has 0 nitrogen and oxygen atoms in total. The smallest absolute Gasteiger partial charge is 0.449 e. The third-order valence-electron chi connectivity index (χ3n) is 5.14. The van der Waals surface area contributed by atoms with E-state index in [2.05, 4.69) is 0 Å². The van der Waals surface area contributed by atoms with Crippen LogP contribution in [0.25, 0.3) is 0 Å². The Morgan fingerprint density at radius 1 is 1.00 bits per heavy atom. The minimum absolute atomic E-state index is 0.0985. The van der Waals surface area contributed by atoms with Crippen molar-refractivity contribution in [2.24, 2.45) is 16.7 Å². The summed E-state index contributed by atoms with van der Waals surface area (Å²) in [5.41, 5.74) is -1.90. The van der Waals surface area contributed by atoms with Gasteiger partial charge in [-0.25, -0.2) is 8.78 Å². The second kappa shape index (κ2) is 2.59. The molecule has 3 saturated carbocycles. The van der Waals surface area contributed by atoms with Crippen LogP contribution in [0, 0.1) is 16.7 Å². The molecule has 0 radical (unpaired) electrons. The van der Waals surface area contributed by atoms with Crippen molar-refractivity contribution in [1.82, 2.24) is 0 Å². The number of fused-ring (bicyclic) bond motifs is 1. The fourth-order valence-corrected chi connectivity index (χ4v) is 4.18. The maximum atomic E-state index is 13.7. The Morgan fingerprint density at radius 3 is 1.88 bits per heavy atom. The van der Waals surface area contributed by atoms with Crippen molar-refractivity contribution < 1.29 is 21.7 Å². The molecule has 3 aliphatic carbocycles. The Bertz CT molecular complexity index is 325. The van der Waals surface area contributed by atoms with Crippen LogP contribution >= 0.6 is 0 Å². The van der Waals surface area contributed by atoms with Gasteiger partial charge in [0.2, 0.25) is 0 Å². The van der Waals surface area contributed by atoms with Crippen LogP contribution in [0.4, 0.5) is 21.7 Å². The zero-order valence-corrected chi connectivity index (χ0v) is 8.79. The number of rotatable bonds is 2. The van der Waals surface area contributed by atoms with Gasteiger partial charge in [-0.3, -0.25) is 0 Å². The summed E-state index contributed by atoms with van der Waals surface area (Å²) >= 11 is 0. The van der Waals surface area contributed by atoms with Crippen LogP contribution in [-0.4, -0.2) is 12.9 Å². The van der Waals surface area contributed by atoms with Gasteiger partial charge in [-0.05, 0) is 25.7 Å².